The molecule has 0 aromatic carbocycles. The summed E-state index contributed by atoms with van der Waals surface area (Å²) in [4.78, 5) is 43.5. The topological polar surface area (TPSA) is 109 Å². The van der Waals surface area contributed by atoms with Gasteiger partial charge in [-0.3, -0.25) is 14.5 Å². The fourth-order valence-electron chi connectivity index (χ4n) is 3.19. The SMILES string of the molecule is C=CCN1C(=O)N=C(C)C(Cc2nnc(SCC(=O)N3CCCCC3)o2)C1=O. The maximum absolute atomic E-state index is 12.6. The predicted molar refractivity (Wildman–Crippen MR) is 103 cm³/mol. The van der Waals surface area contributed by atoms with Crippen molar-refractivity contribution in [2.24, 2.45) is 10.9 Å². The van der Waals surface area contributed by atoms with E-state index in [-0.39, 0.29) is 41.6 Å². The van der Waals surface area contributed by atoms with Gasteiger partial charge in [0, 0.05) is 31.8 Å². The molecule has 0 bridgehead atoms. The normalized spacial score (nSPS) is 20.3. The van der Waals surface area contributed by atoms with Crippen LogP contribution in [0.25, 0.3) is 0 Å². The van der Waals surface area contributed by atoms with Gasteiger partial charge in [0.15, 0.2) is 0 Å². The van der Waals surface area contributed by atoms with E-state index in [1.165, 1.54) is 24.3 Å². The van der Waals surface area contributed by atoms with Crippen LogP contribution in [0, 0.1) is 5.92 Å². The first-order chi connectivity index (χ1) is 13.5. The van der Waals surface area contributed by atoms with Crippen LogP contribution in [0.2, 0.25) is 0 Å². The van der Waals surface area contributed by atoms with E-state index >= 15 is 0 Å². The molecular weight excluding hydrogens is 382 g/mol. The summed E-state index contributed by atoms with van der Waals surface area (Å²) >= 11 is 1.19. The first kappa shape index (κ1) is 20.2. The van der Waals surface area contributed by atoms with Crippen LogP contribution in [0.1, 0.15) is 32.1 Å². The quantitative estimate of drug-likeness (QED) is 0.504. The summed E-state index contributed by atoms with van der Waals surface area (Å²) in [5, 5.41) is 8.20. The maximum Gasteiger partial charge on any atom is 0.350 e. The third kappa shape index (κ3) is 4.67. The van der Waals surface area contributed by atoms with Crippen molar-refractivity contribution in [2.75, 3.05) is 25.4 Å². The zero-order valence-corrected chi connectivity index (χ0v) is 16.6. The summed E-state index contributed by atoms with van der Waals surface area (Å²) in [6, 6.07) is -0.586. The van der Waals surface area contributed by atoms with E-state index in [1.807, 2.05) is 4.90 Å². The molecule has 0 N–H and O–H groups in total. The number of hydrogen-bond acceptors (Lipinski definition) is 7. The molecule has 1 atom stereocenters. The lowest BCUT2D eigenvalue weighted by atomic mass is 9.97. The molecule has 1 fully saturated rings. The fourth-order valence-corrected chi connectivity index (χ4v) is 3.88. The van der Waals surface area contributed by atoms with Crippen molar-refractivity contribution in [3.05, 3.63) is 18.5 Å². The zero-order chi connectivity index (χ0) is 20.1. The molecule has 28 heavy (non-hydrogen) atoms. The first-order valence-corrected chi connectivity index (χ1v) is 10.2. The van der Waals surface area contributed by atoms with Crippen molar-refractivity contribution >= 4 is 35.3 Å². The maximum atomic E-state index is 12.6. The van der Waals surface area contributed by atoms with Crippen molar-refractivity contribution in [2.45, 2.75) is 37.8 Å². The number of carbonyl (C=O) groups excluding carboxylic acids is 3. The Bertz CT molecular complexity index is 800. The number of hydrogen-bond donors (Lipinski definition) is 0. The summed E-state index contributed by atoms with van der Waals surface area (Å²) < 4.78 is 5.58. The summed E-state index contributed by atoms with van der Waals surface area (Å²) in [5.41, 5.74) is 0.419. The minimum atomic E-state index is -0.633. The number of rotatable bonds is 7. The molecule has 1 saturated heterocycles. The Morgan fingerprint density at radius 2 is 2.04 bits per heavy atom. The number of aliphatic imine (C=N–C) groups is 1. The molecule has 2 aliphatic heterocycles. The number of thioether (sulfide) groups is 1. The molecular formula is C18H23N5O4S. The van der Waals surface area contributed by atoms with Crippen LogP contribution in [-0.2, 0) is 16.0 Å². The van der Waals surface area contributed by atoms with Gasteiger partial charge < -0.3 is 9.32 Å². The van der Waals surface area contributed by atoms with Crippen LogP contribution in [-0.4, -0.2) is 68.9 Å². The van der Waals surface area contributed by atoms with E-state index in [1.54, 1.807) is 6.92 Å². The molecule has 2 aliphatic rings. The van der Waals surface area contributed by atoms with Crippen LogP contribution in [0.15, 0.2) is 27.3 Å². The van der Waals surface area contributed by atoms with Crippen LogP contribution < -0.4 is 0 Å². The van der Waals surface area contributed by atoms with Crippen LogP contribution in [0.5, 0.6) is 0 Å². The number of imide groups is 1. The van der Waals surface area contributed by atoms with Gasteiger partial charge in [0.2, 0.25) is 17.7 Å². The number of carbonyl (C=O) groups is 3. The monoisotopic (exact) mass is 405 g/mol. The Balaban J connectivity index is 1.58. The minimum absolute atomic E-state index is 0.0634. The zero-order valence-electron chi connectivity index (χ0n) is 15.8. The van der Waals surface area contributed by atoms with Gasteiger partial charge in [0.25, 0.3) is 5.22 Å². The number of piperidine rings is 1. The lowest BCUT2D eigenvalue weighted by Crippen LogP contribution is -2.46. The Hall–Kier alpha value is -2.49. The van der Waals surface area contributed by atoms with Crippen LogP contribution in [0.3, 0.4) is 0 Å². The standard InChI is InChI=1S/C18H23N5O4S/c1-3-7-23-16(25)13(12(2)19-17(23)26)10-14-20-21-18(27-14)28-11-15(24)22-8-5-4-6-9-22/h3,13H,1,4-11H2,2H3. The van der Waals surface area contributed by atoms with Gasteiger partial charge in [-0.1, -0.05) is 17.8 Å². The second-order valence-electron chi connectivity index (χ2n) is 6.72. The number of nitrogens with zero attached hydrogens (tertiary/aromatic N) is 5. The Morgan fingerprint density at radius 1 is 1.29 bits per heavy atom. The van der Waals surface area contributed by atoms with E-state index in [9.17, 15) is 14.4 Å². The van der Waals surface area contributed by atoms with Gasteiger partial charge in [-0.25, -0.2) is 9.79 Å². The number of likely N-dealkylation sites (tertiary alicyclic amines) is 1. The predicted octanol–water partition coefficient (Wildman–Crippen LogP) is 1.94. The Morgan fingerprint density at radius 3 is 2.75 bits per heavy atom. The summed E-state index contributed by atoms with van der Waals surface area (Å²) in [6.07, 6.45) is 4.89. The van der Waals surface area contributed by atoms with Gasteiger partial charge in [-0.05, 0) is 26.2 Å². The smallest absolute Gasteiger partial charge is 0.350 e. The largest absolute Gasteiger partial charge is 0.416 e. The molecule has 1 unspecified atom stereocenters. The Labute approximate surface area is 167 Å². The van der Waals surface area contributed by atoms with E-state index in [4.69, 9.17) is 4.42 Å². The van der Waals surface area contributed by atoms with Crippen molar-refractivity contribution < 1.29 is 18.8 Å². The molecule has 150 valence electrons. The molecule has 1 aromatic heterocycles. The molecule has 0 saturated carbocycles. The van der Waals surface area contributed by atoms with Gasteiger partial charge in [-0.15, -0.1) is 16.8 Å². The Kier molecular flexibility index (Phi) is 6.61. The van der Waals surface area contributed by atoms with Gasteiger partial charge in [-0.2, -0.15) is 0 Å². The molecule has 9 nitrogen and oxygen atoms in total. The second-order valence-corrected chi connectivity index (χ2v) is 7.65. The van der Waals surface area contributed by atoms with Gasteiger partial charge >= 0.3 is 6.03 Å². The van der Waals surface area contributed by atoms with Gasteiger partial charge in [0.1, 0.15) is 0 Å². The number of aromatic nitrogens is 2. The molecule has 1 aromatic rings. The van der Waals surface area contributed by atoms with E-state index in [2.05, 4.69) is 21.8 Å². The molecule has 0 radical (unpaired) electrons. The highest BCUT2D eigenvalue weighted by atomic mass is 32.2. The van der Waals surface area contributed by atoms with Gasteiger partial charge in [0.05, 0.1) is 11.7 Å². The third-order valence-corrected chi connectivity index (χ3v) is 5.54. The van der Waals surface area contributed by atoms with Crippen molar-refractivity contribution in [1.82, 2.24) is 20.0 Å². The van der Waals surface area contributed by atoms with Crippen LogP contribution >= 0.6 is 11.8 Å². The highest BCUT2D eigenvalue weighted by molar-refractivity contribution is 7.99. The van der Waals surface area contributed by atoms with Crippen LogP contribution in [0.4, 0.5) is 4.79 Å². The van der Waals surface area contributed by atoms with E-state index in [0.717, 1.165) is 30.8 Å². The average Bonchev–Trinajstić information content (AvgIpc) is 3.15. The van der Waals surface area contributed by atoms with Crippen molar-refractivity contribution in [3.63, 3.8) is 0 Å². The fraction of sp³-hybridized carbons (Fsp3) is 0.556. The van der Waals surface area contributed by atoms with E-state index in [0.29, 0.717) is 5.71 Å². The molecule has 10 heteroatoms. The molecule has 0 aliphatic carbocycles. The summed E-state index contributed by atoms with van der Waals surface area (Å²) in [5.74, 6) is -0.412. The van der Waals surface area contributed by atoms with E-state index < -0.39 is 11.9 Å². The number of urea groups is 1. The second kappa shape index (κ2) is 9.13. The highest BCUT2D eigenvalue weighted by Gasteiger charge is 2.36. The van der Waals surface area contributed by atoms with Crippen molar-refractivity contribution in [1.29, 1.82) is 0 Å². The molecule has 3 rings (SSSR count). The number of amides is 4. The lowest BCUT2D eigenvalue weighted by molar-refractivity contribution is -0.130. The third-order valence-electron chi connectivity index (χ3n) is 4.74. The first-order valence-electron chi connectivity index (χ1n) is 9.24. The summed E-state index contributed by atoms with van der Waals surface area (Å²) in [6.45, 7) is 6.90. The molecule has 4 amide bonds. The highest BCUT2D eigenvalue weighted by Crippen LogP contribution is 2.22. The van der Waals surface area contributed by atoms with Crippen molar-refractivity contribution in [3.8, 4) is 0 Å². The molecule has 0 spiro atoms. The average molecular weight is 405 g/mol. The lowest BCUT2D eigenvalue weighted by Gasteiger charge is -2.27. The minimum Gasteiger partial charge on any atom is -0.416 e. The summed E-state index contributed by atoms with van der Waals surface area (Å²) in [7, 11) is 0. The molecule has 3 heterocycles.